The monoisotopic (exact) mass is 686 g/mol. The van der Waals surface area contributed by atoms with Crippen LogP contribution in [0.15, 0.2) is 48.0 Å². The van der Waals surface area contributed by atoms with Gasteiger partial charge in [-0.05, 0) is 134 Å². The van der Waals surface area contributed by atoms with E-state index in [-0.39, 0.29) is 22.2 Å². The fraction of sp³-hybridized carbons (Fsp3) is 0.625. The number of aromatic carboxylic acids is 1. The summed E-state index contributed by atoms with van der Waals surface area (Å²) in [5.41, 5.74) is 5.28. The summed E-state index contributed by atoms with van der Waals surface area (Å²) in [6.45, 7) is 18.9. The quantitative estimate of drug-likeness (QED) is 0.214. The molecule has 8 unspecified atom stereocenters. The Balaban J connectivity index is 1.28. The molecule has 1 aromatic carbocycles. The normalized spacial score (nSPS) is 35.5. The van der Waals surface area contributed by atoms with Crippen LogP contribution >= 0.6 is 11.3 Å². The highest BCUT2D eigenvalue weighted by Gasteiger charge is 2.60. The first-order valence-electron chi connectivity index (χ1n) is 18.2. The van der Waals surface area contributed by atoms with Crippen LogP contribution in [0.1, 0.15) is 122 Å². The number of allylic oxidation sites excluding steroid dienone is 3. The van der Waals surface area contributed by atoms with Crippen LogP contribution in [-0.2, 0) is 9.59 Å². The van der Waals surface area contributed by atoms with Gasteiger partial charge >= 0.3 is 17.8 Å². The molecule has 0 radical (unpaired) electrons. The Morgan fingerprint density at radius 3 is 2.29 bits per heavy atom. The fourth-order valence-corrected chi connectivity index (χ4v) is 12.0. The van der Waals surface area contributed by atoms with Gasteiger partial charge in [-0.15, -0.1) is 10.2 Å². The van der Waals surface area contributed by atoms with E-state index in [2.05, 4.69) is 75.0 Å². The van der Waals surface area contributed by atoms with E-state index >= 15 is 0 Å². The lowest BCUT2D eigenvalue weighted by Gasteiger charge is -2.64. The van der Waals surface area contributed by atoms with Gasteiger partial charge in [0.05, 0.1) is 5.56 Å². The number of carboxylic acid groups (broad SMARTS) is 1. The summed E-state index contributed by atoms with van der Waals surface area (Å²) in [6, 6.07) is 7.45. The second kappa shape index (κ2) is 13.1. The number of carboxylic acids is 1. The molecule has 0 spiro atoms. The molecule has 0 saturated heterocycles. The van der Waals surface area contributed by atoms with Crippen molar-refractivity contribution in [2.45, 2.75) is 111 Å². The van der Waals surface area contributed by atoms with Crippen molar-refractivity contribution in [2.75, 3.05) is 5.32 Å². The van der Waals surface area contributed by atoms with E-state index in [1.807, 2.05) is 12.1 Å². The molecule has 9 heteroatoms. The molecule has 3 fully saturated rings. The van der Waals surface area contributed by atoms with Gasteiger partial charge in [0.15, 0.2) is 0 Å². The highest BCUT2D eigenvalue weighted by atomic mass is 32.1. The number of nitrogens with zero attached hydrogens (tertiary/aromatic N) is 2. The zero-order valence-corrected chi connectivity index (χ0v) is 30.9. The van der Waals surface area contributed by atoms with Crippen molar-refractivity contribution >= 4 is 39.8 Å². The third-order valence-electron chi connectivity index (χ3n) is 14.2. The van der Waals surface area contributed by atoms with Gasteiger partial charge in [0.2, 0.25) is 5.13 Å². The molecular formula is C40H54N4O4S. The van der Waals surface area contributed by atoms with E-state index in [9.17, 15) is 19.5 Å². The van der Waals surface area contributed by atoms with Crippen LogP contribution in [0.25, 0.3) is 5.57 Å². The summed E-state index contributed by atoms with van der Waals surface area (Å²) in [6.07, 6.45) is 12.7. The number of carbonyl (C=O) groups is 3. The Hall–Kier alpha value is -3.33. The molecule has 8 atom stereocenters. The molecule has 8 nitrogen and oxygen atoms in total. The average molecular weight is 687 g/mol. The van der Waals surface area contributed by atoms with Gasteiger partial charge in [0.1, 0.15) is 5.51 Å². The largest absolute Gasteiger partial charge is 0.478 e. The fourth-order valence-electron chi connectivity index (χ4n) is 11.5. The number of benzene rings is 1. The third kappa shape index (κ3) is 6.19. The van der Waals surface area contributed by atoms with E-state index in [4.69, 9.17) is 0 Å². The summed E-state index contributed by atoms with van der Waals surface area (Å²) in [4.78, 5) is 38.0. The van der Waals surface area contributed by atoms with Crippen LogP contribution in [0.5, 0.6) is 0 Å². The number of carbonyl (C=O) groups excluding carboxylic acids is 2. The predicted octanol–water partition coefficient (Wildman–Crippen LogP) is 8.78. The molecule has 264 valence electrons. The Kier molecular flexibility index (Phi) is 9.48. The minimum atomic E-state index is -0.894. The maximum atomic E-state index is 13.5. The number of anilines is 1. The second-order valence-electron chi connectivity index (χ2n) is 16.9. The first-order valence-corrected chi connectivity index (χ1v) is 19.1. The highest BCUT2D eigenvalue weighted by Crippen LogP contribution is 2.68. The van der Waals surface area contributed by atoms with Gasteiger partial charge in [0.25, 0.3) is 0 Å². The minimum Gasteiger partial charge on any atom is -0.478 e. The second-order valence-corrected chi connectivity index (χ2v) is 17.7. The van der Waals surface area contributed by atoms with Crippen molar-refractivity contribution in [1.82, 2.24) is 15.5 Å². The maximum Gasteiger partial charge on any atom is 0.335 e. The smallest absolute Gasteiger partial charge is 0.335 e. The lowest BCUT2D eigenvalue weighted by molar-refractivity contribution is -0.138. The van der Waals surface area contributed by atoms with Crippen LogP contribution in [-0.4, -0.2) is 38.6 Å². The highest BCUT2D eigenvalue weighted by molar-refractivity contribution is 7.13. The number of fused-ring (bicyclic) bond motifs is 4. The summed E-state index contributed by atoms with van der Waals surface area (Å²) < 4.78 is 0. The molecule has 3 N–H and O–H groups in total. The minimum absolute atomic E-state index is 0.0527. The topological polar surface area (TPSA) is 121 Å². The van der Waals surface area contributed by atoms with Crippen molar-refractivity contribution in [3.05, 3.63) is 59.1 Å². The summed E-state index contributed by atoms with van der Waals surface area (Å²) in [7, 11) is 0. The Labute approximate surface area is 295 Å². The molecular weight excluding hydrogens is 633 g/mol. The summed E-state index contributed by atoms with van der Waals surface area (Å²) >= 11 is 1.20. The number of hydrogen-bond acceptors (Lipinski definition) is 6. The lowest BCUT2D eigenvalue weighted by atomic mass is 9.40. The van der Waals surface area contributed by atoms with Crippen LogP contribution < -0.4 is 10.6 Å². The Morgan fingerprint density at radius 1 is 0.918 bits per heavy atom. The van der Waals surface area contributed by atoms with Crippen molar-refractivity contribution in [3.63, 3.8) is 0 Å². The molecule has 0 bridgehead atoms. The average Bonchev–Trinajstić information content (AvgIpc) is 3.69. The van der Waals surface area contributed by atoms with E-state index in [0.717, 1.165) is 69.8 Å². The molecule has 3 saturated carbocycles. The Bertz CT molecular complexity index is 1630. The number of hydrogen-bond donors (Lipinski definition) is 3. The van der Waals surface area contributed by atoms with Gasteiger partial charge in [0, 0.05) is 5.54 Å². The molecule has 1 heterocycles. The molecule has 2 aromatic rings. The SMILES string of the molecule is C=C(C)C1CCC2(NC(=O)C(=O)Nc3nncs3)CCC(C)C3(C)CCC4C(C)(C)C(c5ccc(C(=O)O)cc5)=CCC4(C)C3CCCC12. The molecule has 6 rings (SSSR count). The number of rotatable bonds is 5. The van der Waals surface area contributed by atoms with E-state index in [1.165, 1.54) is 28.0 Å². The molecule has 0 aliphatic heterocycles. The molecule has 2 amide bonds. The van der Waals surface area contributed by atoms with Crippen molar-refractivity contribution in [3.8, 4) is 0 Å². The zero-order valence-electron chi connectivity index (χ0n) is 30.1. The lowest BCUT2D eigenvalue weighted by Crippen LogP contribution is -2.58. The summed E-state index contributed by atoms with van der Waals surface area (Å²) in [5.74, 6) is -0.125. The standard InChI is InChI=1S/C40H54N4O4S/c1-24(2)28-16-22-40(43-34(46)33(45)42-36-44-41-23-49-36)21-15-25(3)38(6)20-18-31-37(4,5)29(26-11-13-27(14-12-26)35(47)48)17-19-39(31,7)32(38)10-8-9-30(28)40/h11-14,17,23,25,28,30-32H,1,8-10,15-16,18-22H2,2-7H3,(H,43,46)(H,47,48)(H,42,44,45). The Morgan fingerprint density at radius 2 is 1.63 bits per heavy atom. The molecule has 4 aliphatic carbocycles. The van der Waals surface area contributed by atoms with Crippen molar-refractivity contribution in [2.24, 2.45) is 45.8 Å². The number of nitrogens with one attached hydrogen (secondary N) is 2. The van der Waals surface area contributed by atoms with Crippen LogP contribution in [0.2, 0.25) is 0 Å². The van der Waals surface area contributed by atoms with Crippen molar-refractivity contribution < 1.29 is 19.5 Å². The maximum absolute atomic E-state index is 13.5. The number of amides is 2. The van der Waals surface area contributed by atoms with E-state index in [1.54, 1.807) is 12.1 Å². The predicted molar refractivity (Wildman–Crippen MR) is 195 cm³/mol. The molecule has 49 heavy (non-hydrogen) atoms. The van der Waals surface area contributed by atoms with Crippen LogP contribution in [0.3, 0.4) is 0 Å². The van der Waals surface area contributed by atoms with E-state index < -0.39 is 23.3 Å². The van der Waals surface area contributed by atoms with E-state index in [0.29, 0.717) is 34.4 Å². The summed E-state index contributed by atoms with van der Waals surface area (Å²) in [5, 5.41) is 23.4. The first-order chi connectivity index (χ1) is 23.1. The van der Waals surface area contributed by atoms with Crippen LogP contribution in [0, 0.1) is 45.8 Å². The van der Waals surface area contributed by atoms with Gasteiger partial charge in [-0.3, -0.25) is 14.9 Å². The van der Waals surface area contributed by atoms with Gasteiger partial charge < -0.3 is 10.4 Å². The zero-order chi connectivity index (χ0) is 35.4. The van der Waals surface area contributed by atoms with Gasteiger partial charge in [-0.2, -0.15) is 0 Å². The number of aromatic nitrogens is 2. The molecule has 1 aromatic heterocycles. The van der Waals surface area contributed by atoms with Crippen molar-refractivity contribution in [1.29, 1.82) is 0 Å². The van der Waals surface area contributed by atoms with Gasteiger partial charge in [-0.1, -0.05) is 82.7 Å². The van der Waals surface area contributed by atoms with Crippen LogP contribution in [0.4, 0.5) is 5.13 Å². The van der Waals surface area contributed by atoms with Gasteiger partial charge in [-0.25, -0.2) is 4.79 Å². The third-order valence-corrected chi connectivity index (χ3v) is 14.8. The molecule has 4 aliphatic rings. The first kappa shape index (κ1) is 35.5.